The zero-order valence-corrected chi connectivity index (χ0v) is 40.7. The summed E-state index contributed by atoms with van der Waals surface area (Å²) in [5, 5.41) is 23.8. The number of carbonyl (C=O) groups excluding carboxylic acids is 2. The molecule has 6 heteroatoms. The Morgan fingerprint density at radius 1 is 0.484 bits per heavy atom. The van der Waals surface area contributed by atoms with Crippen molar-refractivity contribution in [3.8, 4) is 0 Å². The van der Waals surface area contributed by atoms with E-state index < -0.39 is 18.2 Å². The third kappa shape index (κ3) is 43.9. The number of allylic oxidation sites excluding steroid dienone is 12. The normalized spacial score (nSPS) is 13.8. The van der Waals surface area contributed by atoms with Crippen molar-refractivity contribution >= 4 is 11.9 Å². The summed E-state index contributed by atoms with van der Waals surface area (Å²) in [5.41, 5.74) is 0. The van der Waals surface area contributed by atoms with Gasteiger partial charge >= 0.3 is 5.97 Å². The highest BCUT2D eigenvalue weighted by Crippen LogP contribution is 2.17. The highest BCUT2D eigenvalue weighted by molar-refractivity contribution is 5.77. The fourth-order valence-electron chi connectivity index (χ4n) is 7.64. The molecule has 1 amide bonds. The van der Waals surface area contributed by atoms with Gasteiger partial charge in [0, 0.05) is 6.42 Å². The van der Waals surface area contributed by atoms with Crippen molar-refractivity contribution in [2.24, 2.45) is 0 Å². The Labute approximate surface area is 383 Å². The molecular weight excluding hydrogens is 767 g/mol. The Hall–Kier alpha value is -2.70. The first-order valence-corrected chi connectivity index (χ1v) is 26.2. The maximum absolute atomic E-state index is 13.2. The van der Waals surface area contributed by atoms with Crippen molar-refractivity contribution < 1.29 is 24.5 Å². The zero-order valence-electron chi connectivity index (χ0n) is 40.7. The average Bonchev–Trinajstić information content (AvgIpc) is 3.26. The number of aliphatic hydroxyl groups is 2. The number of aliphatic hydroxyl groups excluding tert-OH is 2. The predicted octanol–water partition coefficient (Wildman–Crippen LogP) is 15.8. The molecule has 0 rings (SSSR count). The lowest BCUT2D eigenvalue weighted by Gasteiger charge is -2.24. The van der Waals surface area contributed by atoms with Crippen LogP contribution in [0.3, 0.4) is 0 Å². The van der Waals surface area contributed by atoms with Gasteiger partial charge in [-0.3, -0.25) is 9.59 Å². The first kappa shape index (κ1) is 59.3. The topological polar surface area (TPSA) is 95.9 Å². The second-order valence-corrected chi connectivity index (χ2v) is 17.5. The smallest absolute Gasteiger partial charge is 0.306 e. The molecule has 62 heavy (non-hydrogen) atoms. The fourth-order valence-corrected chi connectivity index (χ4v) is 7.64. The molecule has 0 fully saturated rings. The number of esters is 1. The Morgan fingerprint density at radius 3 is 1.34 bits per heavy atom. The Balaban J connectivity index is 4.57. The van der Waals surface area contributed by atoms with E-state index >= 15 is 0 Å². The van der Waals surface area contributed by atoms with Crippen LogP contribution in [0.25, 0.3) is 0 Å². The van der Waals surface area contributed by atoms with Crippen molar-refractivity contribution in [2.75, 3.05) is 6.61 Å². The van der Waals surface area contributed by atoms with E-state index in [1.807, 2.05) is 0 Å². The third-order valence-corrected chi connectivity index (χ3v) is 11.5. The number of nitrogens with one attached hydrogen (secondary N) is 1. The minimum atomic E-state index is -0.805. The van der Waals surface area contributed by atoms with Gasteiger partial charge in [0.15, 0.2) is 0 Å². The summed E-state index contributed by atoms with van der Waals surface area (Å²) in [7, 11) is 0. The fraction of sp³-hybridized carbons (Fsp3) is 0.750. The molecule has 0 aliphatic rings. The summed E-state index contributed by atoms with van der Waals surface area (Å²) in [5.74, 6) is -0.540. The zero-order chi connectivity index (χ0) is 45.2. The molecule has 0 heterocycles. The van der Waals surface area contributed by atoms with Crippen LogP contribution >= 0.6 is 0 Å². The second kappa shape index (κ2) is 49.3. The van der Waals surface area contributed by atoms with E-state index in [9.17, 15) is 19.8 Å². The van der Waals surface area contributed by atoms with Crippen molar-refractivity contribution in [3.63, 3.8) is 0 Å². The van der Waals surface area contributed by atoms with Crippen LogP contribution in [0.4, 0.5) is 0 Å². The largest absolute Gasteiger partial charge is 0.462 e. The van der Waals surface area contributed by atoms with E-state index in [0.29, 0.717) is 19.3 Å². The summed E-state index contributed by atoms with van der Waals surface area (Å²) < 4.78 is 5.90. The molecule has 0 aliphatic heterocycles. The molecule has 0 saturated carbocycles. The van der Waals surface area contributed by atoms with Gasteiger partial charge in [-0.2, -0.15) is 0 Å². The van der Waals surface area contributed by atoms with E-state index in [1.54, 1.807) is 0 Å². The van der Waals surface area contributed by atoms with Gasteiger partial charge in [0.1, 0.15) is 6.10 Å². The van der Waals surface area contributed by atoms with Crippen molar-refractivity contribution in [1.29, 1.82) is 0 Å². The number of hydrogen-bond acceptors (Lipinski definition) is 5. The van der Waals surface area contributed by atoms with Crippen LogP contribution in [0.5, 0.6) is 0 Å². The molecule has 0 aromatic heterocycles. The molecule has 6 nitrogen and oxygen atoms in total. The van der Waals surface area contributed by atoms with Crippen LogP contribution in [0.1, 0.15) is 245 Å². The molecule has 0 aromatic rings. The number of carbonyl (C=O) groups is 2. The predicted molar refractivity (Wildman–Crippen MR) is 268 cm³/mol. The molecule has 3 N–H and O–H groups in total. The number of rotatable bonds is 46. The molecule has 0 aliphatic carbocycles. The Kier molecular flexibility index (Phi) is 47.2. The van der Waals surface area contributed by atoms with Gasteiger partial charge in [-0.15, -0.1) is 0 Å². The van der Waals surface area contributed by atoms with E-state index in [1.165, 1.54) is 89.9 Å². The van der Waals surface area contributed by atoms with E-state index in [4.69, 9.17) is 4.74 Å². The summed E-state index contributed by atoms with van der Waals surface area (Å²) in [4.78, 5) is 26.1. The molecule has 0 aromatic carbocycles. The minimum Gasteiger partial charge on any atom is -0.462 e. The molecule has 0 spiro atoms. The van der Waals surface area contributed by atoms with Crippen LogP contribution < -0.4 is 5.32 Å². The monoisotopic (exact) mass is 866 g/mol. The van der Waals surface area contributed by atoms with Crippen LogP contribution in [0, 0.1) is 0 Å². The molecular formula is C56H99NO5. The summed E-state index contributed by atoms with van der Waals surface area (Å²) in [6.07, 6.45) is 62.5. The molecule has 0 saturated heterocycles. The van der Waals surface area contributed by atoms with E-state index in [-0.39, 0.29) is 24.9 Å². The first-order chi connectivity index (χ1) is 30.5. The lowest BCUT2D eigenvalue weighted by molar-refractivity contribution is -0.151. The van der Waals surface area contributed by atoms with Gasteiger partial charge in [0.05, 0.1) is 25.2 Å². The molecule has 0 radical (unpaired) electrons. The Morgan fingerprint density at radius 2 is 0.871 bits per heavy atom. The molecule has 358 valence electrons. The molecule has 3 atom stereocenters. The summed E-state index contributed by atoms with van der Waals surface area (Å²) in [6, 6.07) is -0.721. The lowest BCUT2D eigenvalue weighted by Crippen LogP contribution is -2.46. The summed E-state index contributed by atoms with van der Waals surface area (Å²) >= 11 is 0. The average molecular weight is 866 g/mol. The highest BCUT2D eigenvalue weighted by Gasteiger charge is 2.24. The maximum atomic E-state index is 13.2. The molecule has 0 bridgehead atoms. The highest BCUT2D eigenvalue weighted by atomic mass is 16.5. The second-order valence-electron chi connectivity index (χ2n) is 17.5. The number of unbranched alkanes of at least 4 members (excludes halogenated alkanes) is 22. The minimum absolute atomic E-state index is 0.0398. The quantitative estimate of drug-likeness (QED) is 0.0322. The lowest BCUT2D eigenvalue weighted by atomic mass is 10.0. The van der Waals surface area contributed by atoms with Gasteiger partial charge in [0.25, 0.3) is 0 Å². The van der Waals surface area contributed by atoms with Crippen LogP contribution in [0.15, 0.2) is 72.9 Å². The number of ether oxygens (including phenoxy) is 1. The van der Waals surface area contributed by atoms with Gasteiger partial charge in [0.2, 0.25) is 5.91 Å². The SMILES string of the molecule is CC/C=C/C/C=C/C/C=C/CCCCCCC(=O)OC(CCCC/C=C/C/C=C/C/C=C/CC)CC(=O)NC(CO)C(O)CCCCCCCCCCCCCCCCCCC. The van der Waals surface area contributed by atoms with E-state index in [2.05, 4.69) is 99.0 Å². The van der Waals surface area contributed by atoms with Gasteiger partial charge < -0.3 is 20.3 Å². The standard InChI is InChI=1S/C56H99NO5/c1-4-7-10-13-16-19-22-25-27-28-29-30-33-36-39-42-45-48-54(59)53(51-58)57-55(60)50-52(47-44-41-38-35-32-24-21-18-15-12-9-6-3)62-56(61)49-46-43-40-37-34-31-26-23-20-17-14-11-8-5-2/h8-9,11-12,17-18,20-21,26,31-32,35,52-54,58-59H,4-7,10,13-16,19,22-25,27-30,33-34,36-51H2,1-3H3,(H,57,60)/b11-8+,12-9+,20-17+,21-18+,31-26+,35-32+. The summed E-state index contributed by atoms with van der Waals surface area (Å²) in [6.45, 7) is 6.25. The number of hydrogen-bond donors (Lipinski definition) is 3. The number of amides is 1. The van der Waals surface area contributed by atoms with Crippen molar-refractivity contribution in [3.05, 3.63) is 72.9 Å². The van der Waals surface area contributed by atoms with Gasteiger partial charge in [-0.25, -0.2) is 0 Å². The first-order valence-electron chi connectivity index (χ1n) is 26.2. The third-order valence-electron chi connectivity index (χ3n) is 11.5. The molecule has 3 unspecified atom stereocenters. The van der Waals surface area contributed by atoms with Crippen molar-refractivity contribution in [1.82, 2.24) is 5.32 Å². The van der Waals surface area contributed by atoms with Crippen molar-refractivity contribution in [2.45, 2.75) is 264 Å². The van der Waals surface area contributed by atoms with E-state index in [0.717, 1.165) is 109 Å². The van der Waals surface area contributed by atoms with Crippen LogP contribution in [-0.2, 0) is 14.3 Å². The van der Waals surface area contributed by atoms with Crippen LogP contribution in [-0.4, -0.2) is 46.9 Å². The maximum Gasteiger partial charge on any atom is 0.306 e. The van der Waals surface area contributed by atoms with Crippen LogP contribution in [0.2, 0.25) is 0 Å². The Bertz CT molecular complexity index is 1150. The van der Waals surface area contributed by atoms with Gasteiger partial charge in [-0.05, 0) is 89.9 Å². The van der Waals surface area contributed by atoms with Gasteiger partial charge in [-0.1, -0.05) is 216 Å².